The number of nitrogen functional groups attached to an aromatic ring is 1. The van der Waals surface area contributed by atoms with Crippen LogP contribution in [0, 0.1) is 0 Å². The smallest absolute Gasteiger partial charge is 0.263 e. The summed E-state index contributed by atoms with van der Waals surface area (Å²) in [6.45, 7) is 1.69. The Morgan fingerprint density at radius 1 is 1.37 bits per heavy atom. The molecule has 1 aliphatic heterocycles. The average Bonchev–Trinajstić information content (AvgIpc) is 3.08. The minimum absolute atomic E-state index is 0.0485. The quantitative estimate of drug-likeness (QED) is 0.641. The van der Waals surface area contributed by atoms with Gasteiger partial charge in [-0.3, -0.25) is 14.5 Å². The topological polar surface area (TPSA) is 128 Å². The number of nitrogens with two attached hydrogens (primary N) is 2. The van der Waals surface area contributed by atoms with Gasteiger partial charge in [0.15, 0.2) is 11.4 Å². The Bertz CT molecular complexity index is 977. The van der Waals surface area contributed by atoms with Crippen LogP contribution in [-0.4, -0.2) is 39.8 Å². The van der Waals surface area contributed by atoms with Crippen molar-refractivity contribution >= 4 is 34.4 Å². The molecule has 4 heterocycles. The second-order valence-electron chi connectivity index (χ2n) is 6.83. The summed E-state index contributed by atoms with van der Waals surface area (Å²) < 4.78 is 7.21. The molecular weight excluding hydrogens is 346 g/mol. The van der Waals surface area contributed by atoms with Gasteiger partial charge in [-0.05, 0) is 31.4 Å². The van der Waals surface area contributed by atoms with Crippen LogP contribution in [0.3, 0.4) is 0 Å². The second kappa shape index (κ2) is 6.92. The highest BCUT2D eigenvalue weighted by atomic mass is 16.3. The number of carbonyl (C=O) groups is 1. The Morgan fingerprint density at radius 3 is 3.07 bits per heavy atom. The lowest BCUT2D eigenvalue weighted by Gasteiger charge is -2.24. The first kappa shape index (κ1) is 17.3. The third-order valence-corrected chi connectivity index (χ3v) is 4.93. The van der Waals surface area contributed by atoms with E-state index in [0.717, 1.165) is 38.2 Å². The SMILES string of the molecule is Cn1ncc(NC(=O)c2c(N)oc3cccnc23)c1N1CCCC(N)CC1. The van der Waals surface area contributed by atoms with Crippen molar-refractivity contribution < 1.29 is 9.21 Å². The zero-order chi connectivity index (χ0) is 19.0. The van der Waals surface area contributed by atoms with E-state index in [9.17, 15) is 4.79 Å². The van der Waals surface area contributed by atoms with E-state index in [-0.39, 0.29) is 23.4 Å². The summed E-state index contributed by atoms with van der Waals surface area (Å²) >= 11 is 0. The van der Waals surface area contributed by atoms with Crippen LogP contribution in [0.2, 0.25) is 0 Å². The molecule has 27 heavy (non-hydrogen) atoms. The molecule has 9 heteroatoms. The van der Waals surface area contributed by atoms with E-state index in [1.807, 2.05) is 7.05 Å². The molecule has 142 valence electrons. The molecule has 9 nitrogen and oxygen atoms in total. The molecule has 0 spiro atoms. The maximum absolute atomic E-state index is 12.9. The zero-order valence-electron chi connectivity index (χ0n) is 15.2. The molecule has 0 aromatic carbocycles. The summed E-state index contributed by atoms with van der Waals surface area (Å²) in [7, 11) is 1.86. The molecule has 1 aliphatic rings. The van der Waals surface area contributed by atoms with Gasteiger partial charge in [0.25, 0.3) is 5.91 Å². The van der Waals surface area contributed by atoms with Gasteiger partial charge in [-0.2, -0.15) is 5.10 Å². The van der Waals surface area contributed by atoms with E-state index in [0.29, 0.717) is 16.8 Å². The van der Waals surface area contributed by atoms with Gasteiger partial charge in [0.1, 0.15) is 16.8 Å². The molecule has 0 saturated carbocycles. The molecule has 1 atom stereocenters. The van der Waals surface area contributed by atoms with Crippen molar-refractivity contribution in [3.8, 4) is 0 Å². The van der Waals surface area contributed by atoms with Crippen molar-refractivity contribution in [1.29, 1.82) is 0 Å². The number of anilines is 3. The van der Waals surface area contributed by atoms with Crippen LogP contribution < -0.4 is 21.7 Å². The first-order valence-corrected chi connectivity index (χ1v) is 9.01. The van der Waals surface area contributed by atoms with Crippen molar-refractivity contribution in [2.75, 3.05) is 29.0 Å². The number of carbonyl (C=O) groups excluding carboxylic acids is 1. The maximum atomic E-state index is 12.9. The van der Waals surface area contributed by atoms with Crippen molar-refractivity contribution in [1.82, 2.24) is 14.8 Å². The lowest BCUT2D eigenvalue weighted by molar-refractivity contribution is 0.102. The zero-order valence-corrected chi connectivity index (χ0v) is 15.2. The van der Waals surface area contributed by atoms with Crippen LogP contribution in [0.15, 0.2) is 28.9 Å². The van der Waals surface area contributed by atoms with Crippen LogP contribution in [-0.2, 0) is 7.05 Å². The van der Waals surface area contributed by atoms with E-state index in [4.69, 9.17) is 15.9 Å². The molecule has 5 N–H and O–H groups in total. The number of pyridine rings is 1. The first-order valence-electron chi connectivity index (χ1n) is 9.01. The summed E-state index contributed by atoms with van der Waals surface area (Å²) in [5.74, 6) is 0.537. The Kier molecular flexibility index (Phi) is 4.44. The van der Waals surface area contributed by atoms with Crippen molar-refractivity contribution in [2.24, 2.45) is 12.8 Å². The van der Waals surface area contributed by atoms with Gasteiger partial charge >= 0.3 is 0 Å². The number of nitrogens with one attached hydrogen (secondary N) is 1. The number of hydrogen-bond donors (Lipinski definition) is 3. The first-order chi connectivity index (χ1) is 13.0. The summed E-state index contributed by atoms with van der Waals surface area (Å²) in [4.78, 5) is 19.3. The molecule has 1 saturated heterocycles. The number of aryl methyl sites for hydroxylation is 1. The van der Waals surface area contributed by atoms with Crippen molar-refractivity contribution in [3.05, 3.63) is 30.1 Å². The fourth-order valence-electron chi connectivity index (χ4n) is 3.58. The van der Waals surface area contributed by atoms with Crippen molar-refractivity contribution in [2.45, 2.75) is 25.3 Å². The molecular formula is C18H23N7O2. The van der Waals surface area contributed by atoms with Crippen LogP contribution >= 0.6 is 0 Å². The van der Waals surface area contributed by atoms with Crippen LogP contribution in [0.25, 0.3) is 11.1 Å². The van der Waals surface area contributed by atoms with Gasteiger partial charge in [0.05, 0.1) is 6.20 Å². The van der Waals surface area contributed by atoms with E-state index in [1.165, 1.54) is 0 Å². The fourth-order valence-corrected chi connectivity index (χ4v) is 3.58. The van der Waals surface area contributed by atoms with Gasteiger partial charge in [-0.15, -0.1) is 0 Å². The molecule has 1 amide bonds. The monoisotopic (exact) mass is 369 g/mol. The molecule has 1 unspecified atom stereocenters. The Hall–Kier alpha value is -3.07. The highest BCUT2D eigenvalue weighted by Crippen LogP contribution is 2.30. The van der Waals surface area contributed by atoms with Gasteiger partial charge in [-0.25, -0.2) is 0 Å². The number of fused-ring (bicyclic) bond motifs is 1. The van der Waals surface area contributed by atoms with Gasteiger partial charge in [0.2, 0.25) is 5.88 Å². The normalized spacial score (nSPS) is 17.9. The minimum atomic E-state index is -0.370. The highest BCUT2D eigenvalue weighted by Gasteiger charge is 2.24. The third kappa shape index (κ3) is 3.21. The van der Waals surface area contributed by atoms with E-state index >= 15 is 0 Å². The summed E-state index contributed by atoms with van der Waals surface area (Å²) in [5.41, 5.74) is 13.8. The van der Waals surface area contributed by atoms with E-state index in [2.05, 4.69) is 20.3 Å². The Morgan fingerprint density at radius 2 is 2.22 bits per heavy atom. The second-order valence-corrected chi connectivity index (χ2v) is 6.83. The number of hydrogen-bond acceptors (Lipinski definition) is 7. The summed E-state index contributed by atoms with van der Waals surface area (Å²) in [6, 6.07) is 3.67. The van der Waals surface area contributed by atoms with Gasteiger partial charge < -0.3 is 26.1 Å². The highest BCUT2D eigenvalue weighted by molar-refractivity contribution is 6.15. The summed E-state index contributed by atoms with van der Waals surface area (Å²) in [5, 5.41) is 7.24. The largest absolute Gasteiger partial charge is 0.438 e. The van der Waals surface area contributed by atoms with E-state index in [1.54, 1.807) is 29.2 Å². The molecule has 0 aliphatic carbocycles. The van der Waals surface area contributed by atoms with Gasteiger partial charge in [0, 0.05) is 32.4 Å². The lowest BCUT2D eigenvalue weighted by Crippen LogP contribution is -2.29. The predicted octanol–water partition coefficient (Wildman–Crippen LogP) is 1.71. The minimum Gasteiger partial charge on any atom is -0.438 e. The fraction of sp³-hybridized carbons (Fsp3) is 0.389. The van der Waals surface area contributed by atoms with Crippen LogP contribution in [0.1, 0.15) is 29.6 Å². The average molecular weight is 369 g/mol. The van der Waals surface area contributed by atoms with Crippen molar-refractivity contribution in [3.63, 3.8) is 0 Å². The number of rotatable bonds is 3. The third-order valence-electron chi connectivity index (χ3n) is 4.93. The maximum Gasteiger partial charge on any atom is 0.263 e. The molecule has 3 aromatic rings. The number of nitrogens with zero attached hydrogens (tertiary/aromatic N) is 4. The summed E-state index contributed by atoms with van der Waals surface area (Å²) in [6.07, 6.45) is 6.15. The lowest BCUT2D eigenvalue weighted by atomic mass is 10.1. The Balaban J connectivity index is 1.63. The molecule has 0 radical (unpaired) electrons. The number of aromatic nitrogens is 3. The molecule has 0 bridgehead atoms. The Labute approximate surface area is 156 Å². The van der Waals surface area contributed by atoms with Crippen LogP contribution in [0.4, 0.5) is 17.4 Å². The standard InChI is InChI=1S/C18H23N7O2/c1-24-18(25-8-3-4-11(19)6-9-25)12(10-22-24)23-17(26)14-15-13(27-16(14)20)5-2-7-21-15/h2,5,7,10-11H,3-4,6,8-9,19-20H2,1H3,(H,23,26). The number of furan rings is 1. The molecule has 1 fully saturated rings. The molecule has 4 rings (SSSR count). The van der Waals surface area contributed by atoms with Crippen LogP contribution in [0.5, 0.6) is 0 Å². The van der Waals surface area contributed by atoms with E-state index < -0.39 is 0 Å². The predicted molar refractivity (Wildman–Crippen MR) is 104 cm³/mol. The van der Waals surface area contributed by atoms with Gasteiger partial charge in [-0.1, -0.05) is 0 Å². The molecule has 3 aromatic heterocycles. The number of amides is 1.